The third-order valence-electron chi connectivity index (χ3n) is 4.43. The van der Waals surface area contributed by atoms with E-state index in [4.69, 9.17) is 15.7 Å². The molecule has 2 aromatic carbocycles. The van der Waals surface area contributed by atoms with Crippen molar-refractivity contribution in [3.05, 3.63) is 59.2 Å². The number of fused-ring (bicyclic) bond motifs is 1. The Hall–Kier alpha value is -3.33. The molecule has 0 aromatic heterocycles. The molecule has 1 aliphatic rings. The first-order valence-electron chi connectivity index (χ1n) is 8.41. The van der Waals surface area contributed by atoms with Crippen LogP contribution >= 0.6 is 0 Å². The number of ether oxygens (including phenoxy) is 1. The van der Waals surface area contributed by atoms with E-state index in [1.165, 1.54) is 0 Å². The predicted molar refractivity (Wildman–Crippen MR) is 96.9 cm³/mol. The molecular weight excluding hydrogens is 330 g/mol. The summed E-state index contributed by atoms with van der Waals surface area (Å²) in [5.74, 6) is -0.150. The van der Waals surface area contributed by atoms with Gasteiger partial charge in [-0.25, -0.2) is 0 Å². The Morgan fingerprint density at radius 3 is 2.62 bits per heavy atom. The summed E-state index contributed by atoms with van der Waals surface area (Å²) < 4.78 is 5.73. The van der Waals surface area contributed by atoms with Crippen molar-refractivity contribution in [3.63, 3.8) is 0 Å². The smallest absolute Gasteiger partial charge is 0.267 e. The van der Waals surface area contributed by atoms with Crippen molar-refractivity contribution in [3.8, 4) is 11.8 Å². The van der Waals surface area contributed by atoms with Crippen LogP contribution < -0.4 is 15.4 Å². The molecular formula is C20H19N3O3. The minimum Gasteiger partial charge on any atom is -0.481 e. The molecule has 6 heteroatoms. The quantitative estimate of drug-likeness (QED) is 0.916. The summed E-state index contributed by atoms with van der Waals surface area (Å²) in [6.45, 7) is 2.25. The molecule has 0 fully saturated rings. The first kappa shape index (κ1) is 17.5. The Kier molecular flexibility index (Phi) is 4.90. The second kappa shape index (κ2) is 7.28. The Labute approximate surface area is 151 Å². The fourth-order valence-electron chi connectivity index (χ4n) is 3.17. The second-order valence-corrected chi connectivity index (χ2v) is 6.16. The van der Waals surface area contributed by atoms with Crippen LogP contribution in [0.3, 0.4) is 0 Å². The average Bonchev–Trinajstić information content (AvgIpc) is 2.66. The van der Waals surface area contributed by atoms with Gasteiger partial charge in [0.15, 0.2) is 6.10 Å². The van der Waals surface area contributed by atoms with Gasteiger partial charge in [0.05, 0.1) is 11.6 Å². The number of carbonyl (C=O) groups is 2. The molecule has 0 unspecified atom stereocenters. The lowest BCUT2D eigenvalue weighted by molar-refractivity contribution is -0.124. The fraction of sp³-hybridized carbons (Fsp3) is 0.250. The van der Waals surface area contributed by atoms with Crippen molar-refractivity contribution < 1.29 is 14.3 Å². The van der Waals surface area contributed by atoms with Gasteiger partial charge in [0.25, 0.3) is 5.91 Å². The molecule has 26 heavy (non-hydrogen) atoms. The molecule has 0 spiro atoms. The molecule has 0 saturated heterocycles. The number of nitrogens with zero attached hydrogens (tertiary/aromatic N) is 2. The minimum atomic E-state index is -0.703. The number of hydrogen-bond donors (Lipinski definition) is 1. The highest BCUT2D eigenvalue weighted by atomic mass is 16.5. The molecule has 0 bridgehead atoms. The van der Waals surface area contributed by atoms with Crippen LogP contribution in [0.1, 0.15) is 34.8 Å². The summed E-state index contributed by atoms with van der Waals surface area (Å²) in [6.07, 6.45) is 0.765. The van der Waals surface area contributed by atoms with Gasteiger partial charge < -0.3 is 15.4 Å². The third-order valence-corrected chi connectivity index (χ3v) is 4.43. The van der Waals surface area contributed by atoms with Crippen molar-refractivity contribution in [2.45, 2.75) is 25.9 Å². The standard InChI is InChI=1S/C20H19N3O3/c1-13(26-15-9-7-14(12-21)8-10-15)20(25)23-11-3-5-16-17(19(22)24)4-2-6-18(16)23/h2,4,6-10,13H,3,5,11H2,1H3,(H2,22,24)/t13-/m0/s1. The van der Waals surface area contributed by atoms with Crippen LogP contribution in [-0.2, 0) is 11.2 Å². The Morgan fingerprint density at radius 2 is 1.96 bits per heavy atom. The molecule has 2 aromatic rings. The zero-order valence-corrected chi connectivity index (χ0v) is 14.4. The molecule has 0 saturated carbocycles. The molecule has 2 N–H and O–H groups in total. The normalized spacial score (nSPS) is 14.1. The molecule has 3 rings (SSSR count). The van der Waals surface area contributed by atoms with Gasteiger partial charge >= 0.3 is 0 Å². The SMILES string of the molecule is C[C@H](Oc1ccc(C#N)cc1)C(=O)N1CCCc2c(C(N)=O)cccc21. The van der Waals surface area contributed by atoms with Crippen LogP contribution in [0.2, 0.25) is 0 Å². The Balaban J connectivity index is 1.81. The molecule has 0 aliphatic carbocycles. The molecule has 0 radical (unpaired) electrons. The monoisotopic (exact) mass is 349 g/mol. The molecule has 132 valence electrons. The first-order chi connectivity index (χ1) is 12.5. The van der Waals surface area contributed by atoms with Crippen LogP contribution in [0.4, 0.5) is 5.69 Å². The van der Waals surface area contributed by atoms with Crippen LogP contribution in [-0.4, -0.2) is 24.5 Å². The summed E-state index contributed by atoms with van der Waals surface area (Å²) >= 11 is 0. The van der Waals surface area contributed by atoms with Crippen LogP contribution in [0.5, 0.6) is 5.75 Å². The van der Waals surface area contributed by atoms with Gasteiger partial charge in [-0.3, -0.25) is 9.59 Å². The highest BCUT2D eigenvalue weighted by Crippen LogP contribution is 2.30. The van der Waals surface area contributed by atoms with Crippen molar-refractivity contribution in [2.24, 2.45) is 5.73 Å². The topological polar surface area (TPSA) is 96.4 Å². The highest BCUT2D eigenvalue weighted by Gasteiger charge is 2.29. The number of nitriles is 1. The van der Waals surface area contributed by atoms with Gasteiger partial charge in [0, 0.05) is 17.8 Å². The summed E-state index contributed by atoms with van der Waals surface area (Å²) in [5.41, 5.74) is 7.97. The van der Waals surface area contributed by atoms with Crippen LogP contribution in [0, 0.1) is 11.3 Å². The maximum Gasteiger partial charge on any atom is 0.267 e. The number of amides is 2. The van der Waals surface area contributed by atoms with Gasteiger partial charge in [0.1, 0.15) is 5.75 Å². The van der Waals surface area contributed by atoms with E-state index >= 15 is 0 Å². The maximum absolute atomic E-state index is 12.9. The van der Waals surface area contributed by atoms with Gasteiger partial charge in [-0.15, -0.1) is 0 Å². The molecule has 2 amide bonds. The number of primary amides is 1. The number of nitrogens with two attached hydrogens (primary N) is 1. The summed E-state index contributed by atoms with van der Waals surface area (Å²) in [4.78, 5) is 26.2. The van der Waals surface area contributed by atoms with Crippen molar-refractivity contribution in [2.75, 3.05) is 11.4 Å². The van der Waals surface area contributed by atoms with Gasteiger partial charge in [0.2, 0.25) is 5.91 Å². The number of rotatable bonds is 4. The lowest BCUT2D eigenvalue weighted by atomic mass is 9.95. The van der Waals surface area contributed by atoms with E-state index in [2.05, 4.69) is 0 Å². The minimum absolute atomic E-state index is 0.183. The van der Waals surface area contributed by atoms with E-state index in [0.29, 0.717) is 35.5 Å². The van der Waals surface area contributed by atoms with Gasteiger partial charge in [-0.2, -0.15) is 5.26 Å². The van der Waals surface area contributed by atoms with Crippen molar-refractivity contribution >= 4 is 17.5 Å². The zero-order valence-electron chi connectivity index (χ0n) is 14.4. The van der Waals surface area contributed by atoms with Gasteiger partial charge in [-0.05, 0) is 61.7 Å². The predicted octanol–water partition coefficient (Wildman–Crippen LogP) is 2.40. The zero-order chi connectivity index (χ0) is 18.7. The van der Waals surface area contributed by atoms with Crippen molar-refractivity contribution in [1.82, 2.24) is 0 Å². The largest absolute Gasteiger partial charge is 0.481 e. The summed E-state index contributed by atoms with van der Waals surface area (Å²) in [7, 11) is 0. The molecule has 1 heterocycles. The second-order valence-electron chi connectivity index (χ2n) is 6.16. The highest BCUT2D eigenvalue weighted by molar-refractivity contribution is 6.01. The van der Waals surface area contributed by atoms with E-state index in [-0.39, 0.29) is 5.91 Å². The van der Waals surface area contributed by atoms with Crippen LogP contribution in [0.15, 0.2) is 42.5 Å². The number of carbonyl (C=O) groups excluding carboxylic acids is 2. The van der Waals surface area contributed by atoms with E-state index in [0.717, 1.165) is 12.0 Å². The first-order valence-corrected chi connectivity index (χ1v) is 8.41. The van der Waals surface area contributed by atoms with E-state index in [9.17, 15) is 9.59 Å². The Morgan fingerprint density at radius 1 is 1.23 bits per heavy atom. The number of anilines is 1. The van der Waals surface area contributed by atoms with Gasteiger partial charge in [-0.1, -0.05) is 6.07 Å². The maximum atomic E-state index is 12.9. The number of hydrogen-bond acceptors (Lipinski definition) is 4. The van der Waals surface area contributed by atoms with E-state index in [1.807, 2.05) is 12.1 Å². The molecule has 6 nitrogen and oxygen atoms in total. The van der Waals surface area contributed by atoms with E-state index < -0.39 is 12.0 Å². The Bertz CT molecular complexity index is 884. The van der Waals surface area contributed by atoms with Crippen molar-refractivity contribution in [1.29, 1.82) is 5.26 Å². The molecule has 1 aliphatic heterocycles. The average molecular weight is 349 g/mol. The third kappa shape index (κ3) is 3.38. The lowest BCUT2D eigenvalue weighted by Gasteiger charge is -2.32. The fourth-order valence-corrected chi connectivity index (χ4v) is 3.17. The summed E-state index contributed by atoms with van der Waals surface area (Å²) in [5, 5.41) is 8.84. The van der Waals surface area contributed by atoms with E-state index in [1.54, 1.807) is 48.2 Å². The number of benzene rings is 2. The lowest BCUT2D eigenvalue weighted by Crippen LogP contribution is -2.43. The summed E-state index contributed by atoms with van der Waals surface area (Å²) in [6, 6.07) is 13.9. The van der Waals surface area contributed by atoms with Crippen LogP contribution in [0.25, 0.3) is 0 Å². The molecule has 1 atom stereocenters.